The van der Waals surface area contributed by atoms with Crippen molar-refractivity contribution in [1.82, 2.24) is 10.2 Å². The first-order valence-corrected chi connectivity index (χ1v) is 11.7. The van der Waals surface area contributed by atoms with E-state index in [0.29, 0.717) is 22.0 Å². The van der Waals surface area contributed by atoms with Crippen LogP contribution in [-0.2, 0) is 31.3 Å². The van der Waals surface area contributed by atoms with E-state index in [0.717, 1.165) is 11.1 Å². The van der Waals surface area contributed by atoms with E-state index in [1.807, 2.05) is 6.92 Å². The number of ether oxygens (including phenoxy) is 1. The third-order valence-electron chi connectivity index (χ3n) is 7.28. The SMILES string of the molecule is COc1ccc(CN2C(=O)[C@@H]3[C@H](CCC(N)=O)N[C@@]4(C(=O)Nc5c(C)cc(Cl)cc54)[C@H]3C2=O)cc1. The lowest BCUT2D eigenvalue weighted by Crippen LogP contribution is -2.53. The van der Waals surface area contributed by atoms with E-state index in [1.165, 1.54) is 4.90 Å². The van der Waals surface area contributed by atoms with E-state index in [-0.39, 0.29) is 25.3 Å². The van der Waals surface area contributed by atoms with Crippen LogP contribution in [0, 0.1) is 18.8 Å². The molecule has 3 aliphatic heterocycles. The lowest BCUT2D eigenvalue weighted by atomic mass is 9.76. The topological polar surface area (TPSA) is 131 Å². The van der Waals surface area contributed by atoms with Gasteiger partial charge in [0.25, 0.3) is 0 Å². The number of hydrogen-bond acceptors (Lipinski definition) is 6. The van der Waals surface area contributed by atoms with E-state index < -0.39 is 41.1 Å². The molecule has 4 N–H and O–H groups in total. The molecular formula is C25H25ClN4O5. The van der Waals surface area contributed by atoms with Crippen LogP contribution in [0.1, 0.15) is 29.5 Å². The van der Waals surface area contributed by atoms with Gasteiger partial charge in [-0.1, -0.05) is 23.7 Å². The van der Waals surface area contributed by atoms with Crippen molar-refractivity contribution in [2.24, 2.45) is 17.6 Å². The van der Waals surface area contributed by atoms with Crippen LogP contribution in [0.4, 0.5) is 5.69 Å². The number of methoxy groups -OCH3 is 1. The second-order valence-corrected chi connectivity index (χ2v) is 9.71. The molecule has 5 rings (SSSR count). The third-order valence-corrected chi connectivity index (χ3v) is 7.50. The Labute approximate surface area is 206 Å². The fourth-order valence-corrected chi connectivity index (χ4v) is 5.98. The summed E-state index contributed by atoms with van der Waals surface area (Å²) in [7, 11) is 1.56. The van der Waals surface area contributed by atoms with Crippen LogP contribution in [0.2, 0.25) is 5.02 Å². The van der Waals surface area contributed by atoms with Gasteiger partial charge in [-0.15, -0.1) is 0 Å². The van der Waals surface area contributed by atoms with Gasteiger partial charge in [0.2, 0.25) is 23.6 Å². The normalized spacial score (nSPS) is 26.8. The van der Waals surface area contributed by atoms with Gasteiger partial charge in [0.15, 0.2) is 0 Å². The van der Waals surface area contributed by atoms with Crippen LogP contribution in [0.3, 0.4) is 0 Å². The highest BCUT2D eigenvalue weighted by Gasteiger charge is 2.70. The number of carbonyl (C=O) groups excluding carboxylic acids is 4. The highest BCUT2D eigenvalue weighted by Crippen LogP contribution is 2.54. The molecular weight excluding hydrogens is 472 g/mol. The molecule has 0 saturated carbocycles. The van der Waals surface area contributed by atoms with Gasteiger partial charge in [-0.25, -0.2) is 0 Å². The molecule has 3 aliphatic rings. The summed E-state index contributed by atoms with van der Waals surface area (Å²) < 4.78 is 5.18. The van der Waals surface area contributed by atoms with Crippen LogP contribution in [0.15, 0.2) is 36.4 Å². The highest BCUT2D eigenvalue weighted by molar-refractivity contribution is 6.31. The Balaban J connectivity index is 1.58. The van der Waals surface area contributed by atoms with Gasteiger partial charge >= 0.3 is 0 Å². The summed E-state index contributed by atoms with van der Waals surface area (Å²) in [4.78, 5) is 53.7. The molecule has 0 aliphatic carbocycles. The molecule has 2 aromatic carbocycles. The zero-order valence-corrected chi connectivity index (χ0v) is 20.0. The summed E-state index contributed by atoms with van der Waals surface area (Å²) in [6, 6.07) is 9.87. The number of primary amides is 1. The predicted octanol–water partition coefficient (Wildman–Crippen LogP) is 1.84. The number of aryl methyl sites for hydroxylation is 1. The summed E-state index contributed by atoms with van der Waals surface area (Å²) in [5, 5.41) is 6.59. The Morgan fingerprint density at radius 2 is 1.89 bits per heavy atom. The van der Waals surface area contributed by atoms with Crippen molar-refractivity contribution in [2.75, 3.05) is 12.4 Å². The monoisotopic (exact) mass is 496 g/mol. The zero-order valence-electron chi connectivity index (χ0n) is 19.3. The van der Waals surface area contributed by atoms with Gasteiger partial charge in [0.05, 0.1) is 25.5 Å². The molecule has 0 aromatic heterocycles. The highest BCUT2D eigenvalue weighted by atomic mass is 35.5. The van der Waals surface area contributed by atoms with Crippen molar-refractivity contribution in [3.05, 3.63) is 58.1 Å². The van der Waals surface area contributed by atoms with Crippen molar-refractivity contribution < 1.29 is 23.9 Å². The van der Waals surface area contributed by atoms with Gasteiger partial charge in [-0.3, -0.25) is 29.4 Å². The van der Waals surface area contributed by atoms with Crippen LogP contribution in [0.25, 0.3) is 0 Å². The number of imide groups is 1. The van der Waals surface area contributed by atoms with Gasteiger partial charge in [0, 0.05) is 28.7 Å². The molecule has 4 amide bonds. The number of benzene rings is 2. The van der Waals surface area contributed by atoms with Gasteiger partial charge in [0.1, 0.15) is 11.3 Å². The fraction of sp³-hybridized carbons (Fsp3) is 0.360. The average Bonchev–Trinajstić information content (AvgIpc) is 3.39. The lowest BCUT2D eigenvalue weighted by Gasteiger charge is -2.29. The molecule has 1 spiro atoms. The van der Waals surface area contributed by atoms with E-state index in [4.69, 9.17) is 22.1 Å². The van der Waals surface area contributed by atoms with E-state index in [9.17, 15) is 19.2 Å². The minimum Gasteiger partial charge on any atom is -0.497 e. The Morgan fingerprint density at radius 3 is 2.54 bits per heavy atom. The molecule has 10 heteroatoms. The molecule has 2 aromatic rings. The molecule has 0 unspecified atom stereocenters. The zero-order chi connectivity index (χ0) is 25.1. The molecule has 0 radical (unpaired) electrons. The number of hydrogen-bond donors (Lipinski definition) is 3. The minimum absolute atomic E-state index is 0.0139. The van der Waals surface area contributed by atoms with Crippen molar-refractivity contribution in [3.63, 3.8) is 0 Å². The van der Waals surface area contributed by atoms with Crippen LogP contribution >= 0.6 is 11.6 Å². The van der Waals surface area contributed by atoms with E-state index in [1.54, 1.807) is 43.5 Å². The summed E-state index contributed by atoms with van der Waals surface area (Å²) in [6.07, 6.45) is 0.232. The largest absolute Gasteiger partial charge is 0.497 e. The number of nitrogens with one attached hydrogen (secondary N) is 2. The number of rotatable bonds is 6. The third kappa shape index (κ3) is 3.49. The Morgan fingerprint density at radius 1 is 1.17 bits per heavy atom. The van der Waals surface area contributed by atoms with Crippen molar-refractivity contribution in [3.8, 4) is 5.75 Å². The second-order valence-electron chi connectivity index (χ2n) is 9.28. The summed E-state index contributed by atoms with van der Waals surface area (Å²) >= 11 is 6.35. The number of fused-ring (bicyclic) bond motifs is 4. The number of nitrogens with two attached hydrogens (primary N) is 1. The number of likely N-dealkylation sites (tertiary alicyclic amines) is 1. The molecule has 4 atom stereocenters. The average molecular weight is 497 g/mol. The predicted molar refractivity (Wildman–Crippen MR) is 127 cm³/mol. The van der Waals surface area contributed by atoms with Crippen molar-refractivity contribution in [1.29, 1.82) is 0 Å². The number of carbonyl (C=O) groups is 4. The molecule has 2 saturated heterocycles. The maximum atomic E-state index is 13.8. The van der Waals surface area contributed by atoms with E-state index in [2.05, 4.69) is 10.6 Å². The molecule has 0 bridgehead atoms. The lowest BCUT2D eigenvalue weighted by molar-refractivity contribution is -0.143. The minimum atomic E-state index is -1.47. The van der Waals surface area contributed by atoms with Crippen LogP contribution in [0.5, 0.6) is 5.75 Å². The Hall–Kier alpha value is -3.43. The second kappa shape index (κ2) is 8.35. The van der Waals surface area contributed by atoms with E-state index >= 15 is 0 Å². The maximum absolute atomic E-state index is 13.8. The standard InChI is InChI=1S/C25H25ClN4O5/c1-12-9-14(26)10-16-21(12)28-24(34)25(16)20-19(17(29-25)7-8-18(27)31)22(32)30(23(20)33)11-13-3-5-15(35-2)6-4-13/h3-6,9-10,17,19-20,29H,7-8,11H2,1-2H3,(H2,27,31)(H,28,34)/t17-,19+,20+,25+/m0/s1. The molecule has 3 heterocycles. The van der Waals surface area contributed by atoms with Gasteiger partial charge in [-0.2, -0.15) is 0 Å². The number of nitrogens with zero attached hydrogens (tertiary/aromatic N) is 1. The van der Waals surface area contributed by atoms with Gasteiger partial charge < -0.3 is 15.8 Å². The Kier molecular flexibility index (Phi) is 5.56. The summed E-state index contributed by atoms with van der Waals surface area (Å²) in [5.74, 6) is -2.90. The van der Waals surface area contributed by atoms with Gasteiger partial charge in [-0.05, 0) is 48.7 Å². The number of halogens is 1. The van der Waals surface area contributed by atoms with Crippen molar-refractivity contribution in [2.45, 2.75) is 37.9 Å². The molecule has 182 valence electrons. The quantitative estimate of drug-likeness (QED) is 0.523. The van der Waals surface area contributed by atoms with Crippen LogP contribution in [-0.4, -0.2) is 41.7 Å². The number of anilines is 1. The first kappa shape index (κ1) is 23.3. The maximum Gasteiger partial charge on any atom is 0.250 e. The van der Waals surface area contributed by atoms with Crippen LogP contribution < -0.4 is 21.1 Å². The smallest absolute Gasteiger partial charge is 0.250 e. The summed E-state index contributed by atoms with van der Waals surface area (Å²) in [5.41, 5.74) is 6.52. The number of amides is 4. The molecule has 35 heavy (non-hydrogen) atoms. The first-order chi connectivity index (χ1) is 16.7. The van der Waals surface area contributed by atoms with Crippen molar-refractivity contribution >= 4 is 40.9 Å². The fourth-order valence-electron chi connectivity index (χ4n) is 5.71. The first-order valence-electron chi connectivity index (χ1n) is 11.3. The Bertz CT molecular complexity index is 1260. The molecule has 9 nitrogen and oxygen atoms in total. The molecule has 2 fully saturated rings. The summed E-state index contributed by atoms with van der Waals surface area (Å²) in [6.45, 7) is 1.88.